The first kappa shape index (κ1) is 27.3. The molecular formula is C29H29F2N3O3S. The van der Waals surface area contributed by atoms with Gasteiger partial charge in [-0.2, -0.15) is 0 Å². The summed E-state index contributed by atoms with van der Waals surface area (Å²) < 4.78 is 26.9. The zero-order valence-corrected chi connectivity index (χ0v) is 21.9. The minimum absolute atomic E-state index is 0.0129. The van der Waals surface area contributed by atoms with Crippen LogP contribution in [0.4, 0.5) is 8.78 Å². The highest BCUT2D eigenvalue weighted by Crippen LogP contribution is 2.45. The standard InChI is InChI=1S/C29H29F2N3O3S/c1-18(32-25(35)15-19-13-22(30)16-23(31)14-19)28(36)33-26-27(21-11-7-4-8-12-21)38-24(17-34(2)29(26)37)20-9-5-3-6-10-20/h3-14,16,18,24,26-27H,15,17H2,1-2H3,(H,32,35)(H,33,36)/t18-,24?,26-,27+/m0/s1. The smallest absolute Gasteiger partial charge is 0.246 e. The first-order chi connectivity index (χ1) is 18.2. The summed E-state index contributed by atoms with van der Waals surface area (Å²) in [5.74, 6) is -2.90. The topological polar surface area (TPSA) is 78.5 Å². The van der Waals surface area contributed by atoms with Gasteiger partial charge in [0, 0.05) is 24.9 Å². The Bertz CT molecular complexity index is 1270. The highest BCUT2D eigenvalue weighted by molar-refractivity contribution is 7.99. The van der Waals surface area contributed by atoms with Crippen LogP contribution < -0.4 is 10.6 Å². The maximum atomic E-state index is 13.5. The molecule has 2 N–H and O–H groups in total. The Hall–Kier alpha value is -3.72. The van der Waals surface area contributed by atoms with Gasteiger partial charge >= 0.3 is 0 Å². The number of thioether (sulfide) groups is 1. The summed E-state index contributed by atoms with van der Waals surface area (Å²) in [6.07, 6.45) is -0.293. The maximum absolute atomic E-state index is 13.5. The third-order valence-electron chi connectivity index (χ3n) is 6.35. The molecule has 4 atom stereocenters. The van der Waals surface area contributed by atoms with Crippen molar-refractivity contribution in [3.63, 3.8) is 0 Å². The highest BCUT2D eigenvalue weighted by Gasteiger charge is 2.40. The van der Waals surface area contributed by atoms with Gasteiger partial charge in [0.1, 0.15) is 23.7 Å². The van der Waals surface area contributed by atoms with Crippen LogP contribution in [0.1, 0.15) is 34.1 Å². The Kier molecular flexibility index (Phi) is 8.78. The lowest BCUT2D eigenvalue weighted by atomic mass is 10.0. The lowest BCUT2D eigenvalue weighted by molar-refractivity contribution is -0.136. The fourth-order valence-electron chi connectivity index (χ4n) is 4.44. The summed E-state index contributed by atoms with van der Waals surface area (Å²) in [6.45, 7) is 1.97. The van der Waals surface area contributed by atoms with Crippen molar-refractivity contribution >= 4 is 29.5 Å². The molecule has 38 heavy (non-hydrogen) atoms. The average molecular weight is 538 g/mol. The van der Waals surface area contributed by atoms with Crippen molar-refractivity contribution in [1.82, 2.24) is 15.5 Å². The van der Waals surface area contributed by atoms with Crippen molar-refractivity contribution in [1.29, 1.82) is 0 Å². The number of likely N-dealkylation sites (N-methyl/N-ethyl adjacent to an activating group) is 1. The van der Waals surface area contributed by atoms with E-state index in [0.717, 1.165) is 29.3 Å². The van der Waals surface area contributed by atoms with Gasteiger partial charge in [-0.15, -0.1) is 11.8 Å². The molecule has 0 saturated carbocycles. The molecule has 0 radical (unpaired) electrons. The van der Waals surface area contributed by atoms with Gasteiger partial charge in [0.2, 0.25) is 17.7 Å². The maximum Gasteiger partial charge on any atom is 0.246 e. The quantitative estimate of drug-likeness (QED) is 0.474. The van der Waals surface area contributed by atoms with E-state index < -0.39 is 35.5 Å². The van der Waals surface area contributed by atoms with E-state index in [1.165, 1.54) is 6.92 Å². The molecular weight excluding hydrogens is 508 g/mol. The van der Waals surface area contributed by atoms with Crippen LogP contribution in [-0.4, -0.2) is 48.3 Å². The highest BCUT2D eigenvalue weighted by atomic mass is 32.2. The lowest BCUT2D eigenvalue weighted by Crippen LogP contribution is -2.54. The first-order valence-corrected chi connectivity index (χ1v) is 13.2. The van der Waals surface area contributed by atoms with Gasteiger partial charge in [0.05, 0.1) is 11.7 Å². The second-order valence-corrected chi connectivity index (χ2v) is 10.7. The molecule has 4 rings (SSSR count). The second-order valence-electron chi connectivity index (χ2n) is 9.32. The normalized spacial score (nSPS) is 20.4. The molecule has 1 aliphatic heterocycles. The molecule has 1 fully saturated rings. The molecule has 1 saturated heterocycles. The average Bonchev–Trinajstić information content (AvgIpc) is 3.01. The number of hydrogen-bond donors (Lipinski definition) is 2. The van der Waals surface area contributed by atoms with E-state index in [-0.39, 0.29) is 28.4 Å². The predicted molar refractivity (Wildman–Crippen MR) is 143 cm³/mol. The second kappa shape index (κ2) is 12.2. The molecule has 1 heterocycles. The molecule has 0 spiro atoms. The minimum atomic E-state index is -0.978. The lowest BCUT2D eigenvalue weighted by Gasteiger charge is -2.28. The SMILES string of the molecule is C[C@H](NC(=O)Cc1cc(F)cc(F)c1)C(=O)N[C@@H]1C(=O)N(C)CC(c2ccccc2)S[C@@H]1c1ccccc1. The van der Waals surface area contributed by atoms with Crippen molar-refractivity contribution in [2.45, 2.75) is 35.9 Å². The van der Waals surface area contributed by atoms with Crippen molar-refractivity contribution in [3.05, 3.63) is 107 Å². The largest absolute Gasteiger partial charge is 0.344 e. The number of halogens is 2. The van der Waals surface area contributed by atoms with E-state index in [0.29, 0.717) is 6.54 Å². The third kappa shape index (κ3) is 6.77. The van der Waals surface area contributed by atoms with Crippen molar-refractivity contribution in [3.8, 4) is 0 Å². The summed E-state index contributed by atoms with van der Waals surface area (Å²) in [6, 6.07) is 20.5. The number of carbonyl (C=O) groups is 3. The van der Waals surface area contributed by atoms with Gasteiger partial charge in [0.25, 0.3) is 0 Å². The number of benzene rings is 3. The van der Waals surface area contributed by atoms with Crippen LogP contribution in [-0.2, 0) is 20.8 Å². The zero-order chi connectivity index (χ0) is 27.2. The number of nitrogens with one attached hydrogen (secondary N) is 2. The van der Waals surface area contributed by atoms with Gasteiger partial charge in [0.15, 0.2) is 0 Å². The summed E-state index contributed by atoms with van der Waals surface area (Å²) in [4.78, 5) is 40.8. The molecule has 1 aliphatic rings. The van der Waals surface area contributed by atoms with Crippen LogP contribution in [0.15, 0.2) is 78.9 Å². The van der Waals surface area contributed by atoms with Crippen LogP contribution in [0.3, 0.4) is 0 Å². The van der Waals surface area contributed by atoms with Crippen molar-refractivity contribution in [2.75, 3.05) is 13.6 Å². The van der Waals surface area contributed by atoms with E-state index >= 15 is 0 Å². The van der Waals surface area contributed by atoms with Crippen LogP contribution in [0, 0.1) is 11.6 Å². The minimum Gasteiger partial charge on any atom is -0.344 e. The fourth-order valence-corrected chi connectivity index (χ4v) is 6.08. The first-order valence-electron chi connectivity index (χ1n) is 12.3. The fraction of sp³-hybridized carbons (Fsp3) is 0.276. The third-order valence-corrected chi connectivity index (χ3v) is 7.94. The van der Waals surface area contributed by atoms with Gasteiger partial charge < -0.3 is 15.5 Å². The summed E-state index contributed by atoms with van der Waals surface area (Å²) in [5, 5.41) is 5.03. The van der Waals surface area contributed by atoms with Crippen molar-refractivity contribution in [2.24, 2.45) is 0 Å². The molecule has 198 valence electrons. The molecule has 0 bridgehead atoms. The molecule has 6 nitrogen and oxygen atoms in total. The summed E-state index contributed by atoms with van der Waals surface area (Å²) in [5.41, 5.74) is 2.14. The van der Waals surface area contributed by atoms with Gasteiger partial charge in [-0.1, -0.05) is 60.7 Å². The molecule has 3 aromatic rings. The molecule has 0 aliphatic carbocycles. The Morgan fingerprint density at radius 3 is 2.16 bits per heavy atom. The number of amides is 3. The number of nitrogens with zero attached hydrogens (tertiary/aromatic N) is 1. The van der Waals surface area contributed by atoms with Crippen molar-refractivity contribution < 1.29 is 23.2 Å². The van der Waals surface area contributed by atoms with Crippen LogP contribution in [0.5, 0.6) is 0 Å². The monoisotopic (exact) mass is 537 g/mol. The Morgan fingerprint density at radius 2 is 1.55 bits per heavy atom. The Balaban J connectivity index is 1.51. The predicted octanol–water partition coefficient (Wildman–Crippen LogP) is 4.18. The van der Waals surface area contributed by atoms with Crippen LogP contribution in [0.25, 0.3) is 0 Å². The van der Waals surface area contributed by atoms with E-state index in [4.69, 9.17) is 0 Å². The number of carbonyl (C=O) groups excluding carboxylic acids is 3. The molecule has 3 amide bonds. The van der Waals surface area contributed by atoms with Crippen LogP contribution >= 0.6 is 11.8 Å². The van der Waals surface area contributed by atoms with E-state index in [9.17, 15) is 23.2 Å². The van der Waals surface area contributed by atoms with Crippen LogP contribution in [0.2, 0.25) is 0 Å². The van der Waals surface area contributed by atoms with E-state index in [1.54, 1.807) is 23.7 Å². The molecule has 0 aromatic heterocycles. The number of rotatable bonds is 7. The number of hydrogen-bond acceptors (Lipinski definition) is 4. The summed E-state index contributed by atoms with van der Waals surface area (Å²) >= 11 is 1.61. The van der Waals surface area contributed by atoms with E-state index in [2.05, 4.69) is 10.6 Å². The Morgan fingerprint density at radius 1 is 0.974 bits per heavy atom. The summed E-state index contributed by atoms with van der Waals surface area (Å²) in [7, 11) is 1.72. The molecule has 1 unspecified atom stereocenters. The van der Waals surface area contributed by atoms with Gasteiger partial charge in [-0.05, 0) is 35.7 Å². The zero-order valence-electron chi connectivity index (χ0n) is 21.1. The molecule has 9 heteroatoms. The van der Waals surface area contributed by atoms with E-state index in [1.807, 2.05) is 60.7 Å². The van der Waals surface area contributed by atoms with Gasteiger partial charge in [-0.3, -0.25) is 14.4 Å². The Labute approximate surface area is 224 Å². The molecule has 3 aromatic carbocycles. The van der Waals surface area contributed by atoms with Gasteiger partial charge in [-0.25, -0.2) is 8.78 Å².